The minimum atomic E-state index is -4.18. The fourth-order valence-corrected chi connectivity index (χ4v) is 6.38. The number of pyridine rings is 1. The minimum absolute atomic E-state index is 0.122. The van der Waals surface area contributed by atoms with Gasteiger partial charge in [-0.1, -0.05) is 18.2 Å². The molecule has 15 heteroatoms. The van der Waals surface area contributed by atoms with Crippen molar-refractivity contribution in [3.63, 3.8) is 0 Å². The molecule has 11 nitrogen and oxygen atoms in total. The Balaban J connectivity index is 1.32. The molecule has 0 aliphatic carbocycles. The summed E-state index contributed by atoms with van der Waals surface area (Å²) < 4.78 is 59.1. The molecule has 216 valence electrons. The highest BCUT2D eigenvalue weighted by atomic mass is 32.2. The SMILES string of the molecule is Cn1c2cnccc2c(=O)n1-c1ccc(C[C@H](NC(=O)c2cc(F)c(NS(=O)(=O)c3cccs3)cc2F)C(=O)O)cc1. The number of carbonyl (C=O) groups excluding carboxylic acids is 1. The molecular weight excluding hydrogens is 592 g/mol. The molecule has 3 heterocycles. The fourth-order valence-electron chi connectivity index (χ4n) is 4.33. The van der Waals surface area contributed by atoms with E-state index >= 15 is 0 Å². The highest BCUT2D eigenvalue weighted by molar-refractivity contribution is 7.94. The molecule has 0 aliphatic heterocycles. The molecule has 42 heavy (non-hydrogen) atoms. The van der Waals surface area contributed by atoms with E-state index in [4.69, 9.17) is 0 Å². The van der Waals surface area contributed by atoms with Gasteiger partial charge < -0.3 is 10.4 Å². The average molecular weight is 614 g/mol. The molecule has 5 aromatic rings. The van der Waals surface area contributed by atoms with Crippen LogP contribution in [0.2, 0.25) is 0 Å². The van der Waals surface area contributed by atoms with Crippen LogP contribution >= 0.6 is 11.3 Å². The van der Waals surface area contributed by atoms with Gasteiger partial charge >= 0.3 is 5.97 Å². The zero-order valence-electron chi connectivity index (χ0n) is 21.6. The molecule has 0 radical (unpaired) electrons. The molecule has 0 fully saturated rings. The van der Waals surface area contributed by atoms with Gasteiger partial charge in [0, 0.05) is 25.7 Å². The zero-order chi connectivity index (χ0) is 30.2. The van der Waals surface area contributed by atoms with Crippen molar-refractivity contribution in [1.82, 2.24) is 19.7 Å². The quantitative estimate of drug-likeness (QED) is 0.231. The number of aromatic nitrogens is 3. The van der Waals surface area contributed by atoms with Gasteiger partial charge in [0.2, 0.25) is 0 Å². The molecule has 2 aromatic carbocycles. The summed E-state index contributed by atoms with van der Waals surface area (Å²) in [5, 5.41) is 13.8. The maximum Gasteiger partial charge on any atom is 0.326 e. The number of anilines is 1. The standard InChI is InChI=1S/C27H21F2N5O6S2/c1-33-23-14-30-9-8-17(23)26(36)34(33)16-6-4-15(5-7-16)11-22(27(37)38)31-25(35)18-12-20(29)21(13-19(18)28)32-42(39,40)24-3-2-10-41-24/h2-10,12-14,22,32H,11H2,1H3,(H,31,35)(H,37,38)/t22-/m0/s1. The molecule has 0 spiro atoms. The Morgan fingerprint density at radius 3 is 2.48 bits per heavy atom. The topological polar surface area (TPSA) is 152 Å². The first kappa shape index (κ1) is 28.6. The zero-order valence-corrected chi connectivity index (χ0v) is 23.2. The first-order chi connectivity index (χ1) is 20.0. The van der Waals surface area contributed by atoms with E-state index in [0.717, 1.165) is 11.3 Å². The van der Waals surface area contributed by atoms with Crippen molar-refractivity contribution in [2.45, 2.75) is 16.7 Å². The summed E-state index contributed by atoms with van der Waals surface area (Å²) in [6.45, 7) is 0. The fraction of sp³-hybridized carbons (Fsp3) is 0.111. The molecular formula is C27H21F2N5O6S2. The van der Waals surface area contributed by atoms with E-state index in [-0.39, 0.29) is 16.2 Å². The number of rotatable bonds is 9. The number of nitrogens with one attached hydrogen (secondary N) is 2. The van der Waals surface area contributed by atoms with Crippen molar-refractivity contribution in [3.05, 3.63) is 105 Å². The molecule has 5 rings (SSSR count). The molecule has 3 N–H and O–H groups in total. The largest absolute Gasteiger partial charge is 0.480 e. The average Bonchev–Trinajstić information content (AvgIpc) is 3.59. The Bertz CT molecular complexity index is 1990. The van der Waals surface area contributed by atoms with Gasteiger partial charge in [0.05, 0.1) is 34.0 Å². The number of hydrogen-bond acceptors (Lipinski definition) is 7. The van der Waals surface area contributed by atoms with E-state index in [1.807, 2.05) is 4.72 Å². The number of sulfonamides is 1. The first-order valence-electron chi connectivity index (χ1n) is 12.2. The van der Waals surface area contributed by atoms with Crippen LogP contribution in [-0.2, 0) is 28.3 Å². The second-order valence-corrected chi connectivity index (χ2v) is 12.0. The maximum absolute atomic E-state index is 14.8. The molecule has 0 saturated heterocycles. The number of thiophene rings is 1. The van der Waals surface area contributed by atoms with E-state index in [9.17, 15) is 36.7 Å². The van der Waals surface area contributed by atoms with E-state index in [1.165, 1.54) is 28.4 Å². The van der Waals surface area contributed by atoms with Crippen LogP contribution in [0, 0.1) is 11.6 Å². The summed E-state index contributed by atoms with van der Waals surface area (Å²) in [6.07, 6.45) is 2.87. The number of carboxylic acid groups (broad SMARTS) is 1. The van der Waals surface area contributed by atoms with Gasteiger partial charge in [-0.05, 0) is 41.3 Å². The first-order valence-corrected chi connectivity index (χ1v) is 14.5. The lowest BCUT2D eigenvalue weighted by Crippen LogP contribution is -2.42. The van der Waals surface area contributed by atoms with Gasteiger partial charge in [-0.2, -0.15) is 0 Å². The minimum Gasteiger partial charge on any atom is -0.480 e. The Hall–Kier alpha value is -4.89. The predicted molar refractivity (Wildman–Crippen MR) is 150 cm³/mol. The number of halogens is 2. The van der Waals surface area contributed by atoms with Crippen LogP contribution in [0.15, 0.2) is 81.4 Å². The molecule has 0 aliphatic rings. The number of carbonyl (C=O) groups is 2. The van der Waals surface area contributed by atoms with E-state index < -0.39 is 50.8 Å². The van der Waals surface area contributed by atoms with Gasteiger partial charge in [0.1, 0.15) is 21.9 Å². The summed E-state index contributed by atoms with van der Waals surface area (Å²) in [4.78, 5) is 41.5. The Morgan fingerprint density at radius 2 is 1.83 bits per heavy atom. The van der Waals surface area contributed by atoms with Crippen molar-refractivity contribution in [2.24, 2.45) is 7.05 Å². The summed E-state index contributed by atoms with van der Waals surface area (Å²) in [5.74, 6) is -5.13. The summed E-state index contributed by atoms with van der Waals surface area (Å²) >= 11 is 0.874. The molecule has 1 atom stereocenters. The maximum atomic E-state index is 14.8. The third-order valence-electron chi connectivity index (χ3n) is 6.40. The number of nitrogens with zero attached hydrogens (tertiary/aromatic N) is 3. The van der Waals surface area contributed by atoms with Crippen molar-refractivity contribution in [3.8, 4) is 5.69 Å². The van der Waals surface area contributed by atoms with Crippen molar-refractivity contribution < 1.29 is 31.9 Å². The lowest BCUT2D eigenvalue weighted by molar-refractivity contribution is -0.139. The Labute approximate surface area is 240 Å². The molecule has 0 unspecified atom stereocenters. The highest BCUT2D eigenvalue weighted by Gasteiger charge is 2.25. The number of fused-ring (bicyclic) bond motifs is 1. The second kappa shape index (κ2) is 11.2. The number of aliphatic carboxylic acids is 1. The van der Waals surface area contributed by atoms with Crippen LogP contribution < -0.4 is 15.6 Å². The van der Waals surface area contributed by atoms with Gasteiger partial charge in [0.15, 0.2) is 0 Å². The lowest BCUT2D eigenvalue weighted by Gasteiger charge is -2.16. The van der Waals surface area contributed by atoms with Crippen LogP contribution in [-0.4, -0.2) is 45.8 Å². The molecule has 0 bridgehead atoms. The van der Waals surface area contributed by atoms with Gasteiger partial charge in [0.25, 0.3) is 21.5 Å². The molecule has 3 aromatic heterocycles. The van der Waals surface area contributed by atoms with E-state index in [0.29, 0.717) is 34.3 Å². The normalized spacial score (nSPS) is 12.3. The number of carboxylic acids is 1. The highest BCUT2D eigenvalue weighted by Crippen LogP contribution is 2.25. The number of hydrogen-bond donors (Lipinski definition) is 3. The van der Waals surface area contributed by atoms with E-state index in [1.54, 1.807) is 48.3 Å². The van der Waals surface area contributed by atoms with Gasteiger partial charge in [-0.25, -0.2) is 26.7 Å². The van der Waals surface area contributed by atoms with Crippen LogP contribution in [0.25, 0.3) is 16.6 Å². The van der Waals surface area contributed by atoms with Crippen LogP contribution in [0.3, 0.4) is 0 Å². The molecule has 0 saturated carbocycles. The Morgan fingerprint density at radius 1 is 1.10 bits per heavy atom. The number of amides is 1. The number of aryl methyl sites for hydroxylation is 1. The summed E-state index contributed by atoms with van der Waals surface area (Å²) in [5.41, 5.74) is -0.183. The monoisotopic (exact) mass is 613 g/mol. The Kier molecular flexibility index (Phi) is 7.62. The van der Waals surface area contributed by atoms with Crippen molar-refractivity contribution in [2.75, 3.05) is 4.72 Å². The summed E-state index contributed by atoms with van der Waals surface area (Å²) in [6, 6.07) is 10.2. The smallest absolute Gasteiger partial charge is 0.326 e. The third-order valence-corrected chi connectivity index (χ3v) is 9.16. The van der Waals surface area contributed by atoms with Crippen molar-refractivity contribution >= 4 is 49.8 Å². The van der Waals surface area contributed by atoms with Gasteiger partial charge in [-0.15, -0.1) is 11.3 Å². The lowest BCUT2D eigenvalue weighted by atomic mass is 10.0. The third kappa shape index (κ3) is 5.51. The van der Waals surface area contributed by atoms with Crippen LogP contribution in [0.5, 0.6) is 0 Å². The molecule has 1 amide bonds. The predicted octanol–water partition coefficient (Wildman–Crippen LogP) is 3.29. The summed E-state index contributed by atoms with van der Waals surface area (Å²) in [7, 11) is -2.48. The second-order valence-electron chi connectivity index (χ2n) is 9.12. The van der Waals surface area contributed by atoms with E-state index in [2.05, 4.69) is 10.3 Å². The van der Waals surface area contributed by atoms with Crippen LogP contribution in [0.4, 0.5) is 14.5 Å². The van der Waals surface area contributed by atoms with Crippen molar-refractivity contribution in [1.29, 1.82) is 0 Å². The number of benzene rings is 2. The van der Waals surface area contributed by atoms with Gasteiger partial charge in [-0.3, -0.25) is 24.0 Å². The van der Waals surface area contributed by atoms with Crippen LogP contribution in [0.1, 0.15) is 15.9 Å².